The van der Waals surface area contributed by atoms with Gasteiger partial charge in [0.15, 0.2) is 0 Å². The number of hydrogen-bond acceptors (Lipinski definition) is 3. The van der Waals surface area contributed by atoms with Crippen LogP contribution < -0.4 is 15.0 Å². The fourth-order valence-corrected chi connectivity index (χ4v) is 2.47. The van der Waals surface area contributed by atoms with Gasteiger partial charge in [-0.1, -0.05) is 13.8 Å². The molecule has 2 unspecified atom stereocenters. The van der Waals surface area contributed by atoms with Crippen molar-refractivity contribution in [2.45, 2.75) is 32.9 Å². The third-order valence-corrected chi connectivity index (χ3v) is 3.81. The number of hydrogen-bond donors (Lipinski definition) is 1. The second-order valence-corrected chi connectivity index (χ2v) is 5.46. The van der Waals surface area contributed by atoms with Crippen molar-refractivity contribution in [2.75, 3.05) is 25.1 Å². The zero-order chi connectivity index (χ0) is 13.1. The van der Waals surface area contributed by atoms with Gasteiger partial charge in [-0.3, -0.25) is 0 Å². The van der Waals surface area contributed by atoms with Gasteiger partial charge in [0.1, 0.15) is 5.75 Å². The van der Waals surface area contributed by atoms with Gasteiger partial charge in [0.05, 0.1) is 7.11 Å². The zero-order valence-corrected chi connectivity index (χ0v) is 11.8. The number of ether oxygens (including phenoxy) is 1. The summed E-state index contributed by atoms with van der Waals surface area (Å²) in [5, 5.41) is 3.62. The van der Waals surface area contributed by atoms with Crippen LogP contribution in [0.3, 0.4) is 0 Å². The molecule has 2 atom stereocenters. The molecule has 1 aliphatic heterocycles. The molecule has 1 aromatic carbocycles. The summed E-state index contributed by atoms with van der Waals surface area (Å²) in [4.78, 5) is 2.49. The first-order valence-corrected chi connectivity index (χ1v) is 6.76. The van der Waals surface area contributed by atoms with E-state index in [1.807, 2.05) is 12.1 Å². The van der Waals surface area contributed by atoms with Crippen molar-refractivity contribution in [1.29, 1.82) is 0 Å². The van der Waals surface area contributed by atoms with Crippen molar-refractivity contribution in [1.82, 2.24) is 5.32 Å². The van der Waals surface area contributed by atoms with E-state index in [2.05, 4.69) is 43.1 Å². The lowest BCUT2D eigenvalue weighted by Gasteiger charge is -2.42. The van der Waals surface area contributed by atoms with Crippen LogP contribution in [0.25, 0.3) is 0 Å². The summed E-state index contributed by atoms with van der Waals surface area (Å²) in [5.74, 6) is 1.58. The molecule has 1 N–H and O–H groups in total. The van der Waals surface area contributed by atoms with E-state index in [1.54, 1.807) is 7.11 Å². The van der Waals surface area contributed by atoms with Crippen molar-refractivity contribution < 1.29 is 4.74 Å². The minimum atomic E-state index is 0.536. The fraction of sp³-hybridized carbons (Fsp3) is 0.600. The molecular formula is C15H24N2O. The molecule has 1 heterocycles. The van der Waals surface area contributed by atoms with Crippen LogP contribution in [0.1, 0.15) is 20.8 Å². The Labute approximate surface area is 110 Å². The Kier molecular flexibility index (Phi) is 4.12. The first-order chi connectivity index (χ1) is 8.61. The number of nitrogens with one attached hydrogen (secondary N) is 1. The summed E-state index contributed by atoms with van der Waals surface area (Å²) in [6.45, 7) is 8.95. The Morgan fingerprint density at radius 1 is 1.28 bits per heavy atom. The van der Waals surface area contributed by atoms with Crippen LogP contribution >= 0.6 is 0 Å². The monoisotopic (exact) mass is 248 g/mol. The maximum Gasteiger partial charge on any atom is 0.119 e. The summed E-state index contributed by atoms with van der Waals surface area (Å²) < 4.78 is 5.21. The Morgan fingerprint density at radius 3 is 2.50 bits per heavy atom. The topological polar surface area (TPSA) is 24.5 Å². The molecule has 2 rings (SSSR count). The molecule has 0 radical (unpaired) electrons. The lowest BCUT2D eigenvalue weighted by Crippen LogP contribution is -2.57. The molecule has 1 fully saturated rings. The predicted molar refractivity (Wildman–Crippen MR) is 76.4 cm³/mol. The van der Waals surface area contributed by atoms with Gasteiger partial charge >= 0.3 is 0 Å². The molecule has 1 aromatic rings. The molecule has 0 amide bonds. The average molecular weight is 248 g/mol. The molecule has 3 nitrogen and oxygen atoms in total. The van der Waals surface area contributed by atoms with Crippen molar-refractivity contribution in [3.05, 3.63) is 24.3 Å². The molecule has 0 aliphatic carbocycles. The van der Waals surface area contributed by atoms with E-state index in [9.17, 15) is 0 Å². The first-order valence-electron chi connectivity index (χ1n) is 6.76. The normalized spacial score (nSPS) is 24.4. The summed E-state index contributed by atoms with van der Waals surface area (Å²) in [5.41, 5.74) is 1.29. The minimum absolute atomic E-state index is 0.536. The van der Waals surface area contributed by atoms with Gasteiger partial charge in [-0.2, -0.15) is 0 Å². The number of rotatable bonds is 3. The van der Waals surface area contributed by atoms with E-state index >= 15 is 0 Å². The Morgan fingerprint density at radius 2 is 1.94 bits per heavy atom. The maximum atomic E-state index is 5.21. The average Bonchev–Trinajstić information content (AvgIpc) is 2.39. The van der Waals surface area contributed by atoms with Crippen LogP contribution in [0, 0.1) is 5.92 Å². The number of piperazine rings is 1. The smallest absolute Gasteiger partial charge is 0.119 e. The van der Waals surface area contributed by atoms with E-state index in [0.717, 1.165) is 18.8 Å². The van der Waals surface area contributed by atoms with E-state index < -0.39 is 0 Å². The van der Waals surface area contributed by atoms with E-state index in [4.69, 9.17) is 4.74 Å². The number of benzene rings is 1. The van der Waals surface area contributed by atoms with Crippen LogP contribution in [0.4, 0.5) is 5.69 Å². The molecule has 3 heteroatoms. The Hall–Kier alpha value is -1.22. The standard InChI is InChI=1S/C15H24N2O/c1-11(2)15-10-17(12(3)9-16-15)13-5-7-14(18-4)8-6-13/h5-8,11-12,15-16H,9-10H2,1-4H3. The van der Waals surface area contributed by atoms with Gasteiger partial charge < -0.3 is 15.0 Å². The Balaban J connectivity index is 2.13. The van der Waals surface area contributed by atoms with Gasteiger partial charge in [0.25, 0.3) is 0 Å². The molecule has 0 spiro atoms. The molecule has 1 saturated heterocycles. The third kappa shape index (κ3) is 2.78. The zero-order valence-electron chi connectivity index (χ0n) is 11.8. The largest absolute Gasteiger partial charge is 0.497 e. The number of anilines is 1. The Bertz CT molecular complexity index is 375. The maximum absolute atomic E-state index is 5.21. The second-order valence-electron chi connectivity index (χ2n) is 5.46. The van der Waals surface area contributed by atoms with Crippen molar-refractivity contribution in [3.63, 3.8) is 0 Å². The summed E-state index contributed by atoms with van der Waals surface area (Å²) in [7, 11) is 1.71. The number of methoxy groups -OCH3 is 1. The van der Waals surface area contributed by atoms with Crippen LogP contribution in [0.15, 0.2) is 24.3 Å². The van der Waals surface area contributed by atoms with Crippen LogP contribution in [0.5, 0.6) is 5.75 Å². The number of nitrogens with zero attached hydrogens (tertiary/aromatic N) is 1. The van der Waals surface area contributed by atoms with Crippen LogP contribution in [-0.4, -0.2) is 32.3 Å². The van der Waals surface area contributed by atoms with E-state index in [-0.39, 0.29) is 0 Å². The highest BCUT2D eigenvalue weighted by molar-refractivity contribution is 5.50. The lowest BCUT2D eigenvalue weighted by atomic mass is 9.99. The minimum Gasteiger partial charge on any atom is -0.497 e. The van der Waals surface area contributed by atoms with Gasteiger partial charge in [0, 0.05) is 30.9 Å². The molecule has 1 aliphatic rings. The third-order valence-electron chi connectivity index (χ3n) is 3.81. The van der Waals surface area contributed by atoms with Crippen molar-refractivity contribution >= 4 is 5.69 Å². The first kappa shape index (κ1) is 13.2. The molecular weight excluding hydrogens is 224 g/mol. The van der Waals surface area contributed by atoms with Crippen LogP contribution in [0.2, 0.25) is 0 Å². The summed E-state index contributed by atoms with van der Waals surface area (Å²) in [6.07, 6.45) is 0. The quantitative estimate of drug-likeness (QED) is 0.889. The summed E-state index contributed by atoms with van der Waals surface area (Å²) >= 11 is 0. The van der Waals surface area contributed by atoms with Crippen molar-refractivity contribution in [3.8, 4) is 5.75 Å². The molecule has 18 heavy (non-hydrogen) atoms. The highest BCUT2D eigenvalue weighted by Gasteiger charge is 2.26. The van der Waals surface area contributed by atoms with Crippen LogP contribution in [-0.2, 0) is 0 Å². The van der Waals surface area contributed by atoms with Gasteiger partial charge in [-0.05, 0) is 37.1 Å². The van der Waals surface area contributed by atoms with Gasteiger partial charge in [-0.25, -0.2) is 0 Å². The van der Waals surface area contributed by atoms with Gasteiger partial charge in [0.2, 0.25) is 0 Å². The molecule has 0 bridgehead atoms. The van der Waals surface area contributed by atoms with E-state index in [0.29, 0.717) is 18.0 Å². The van der Waals surface area contributed by atoms with E-state index in [1.165, 1.54) is 5.69 Å². The van der Waals surface area contributed by atoms with Crippen molar-refractivity contribution in [2.24, 2.45) is 5.92 Å². The summed E-state index contributed by atoms with van der Waals surface area (Å²) in [6, 6.07) is 9.48. The highest BCUT2D eigenvalue weighted by atomic mass is 16.5. The molecule has 0 saturated carbocycles. The lowest BCUT2D eigenvalue weighted by molar-refractivity contribution is 0.337. The molecule has 100 valence electrons. The highest BCUT2D eigenvalue weighted by Crippen LogP contribution is 2.24. The second kappa shape index (κ2) is 5.61. The predicted octanol–water partition coefficient (Wildman–Crippen LogP) is 2.52. The molecule has 0 aromatic heterocycles. The SMILES string of the molecule is COc1ccc(N2CC(C(C)C)NCC2C)cc1. The van der Waals surface area contributed by atoms with Gasteiger partial charge in [-0.15, -0.1) is 0 Å². The fourth-order valence-electron chi connectivity index (χ4n) is 2.47.